The van der Waals surface area contributed by atoms with Crippen LogP contribution in [0.4, 0.5) is 0 Å². The first-order valence-electron chi connectivity index (χ1n) is 11.8. The lowest BCUT2D eigenvalue weighted by Crippen LogP contribution is -2.00. The zero-order chi connectivity index (χ0) is 25.1. The molecule has 0 spiro atoms. The Morgan fingerprint density at radius 3 is 2.36 bits per heavy atom. The summed E-state index contributed by atoms with van der Waals surface area (Å²) in [5.74, 6) is 0.782. The number of ether oxygens (including phenoxy) is 1. The number of rotatable bonds is 6. The van der Waals surface area contributed by atoms with Gasteiger partial charge in [-0.3, -0.25) is 0 Å². The molecule has 0 aliphatic heterocycles. The summed E-state index contributed by atoms with van der Waals surface area (Å²) in [6, 6.07) is 34.6. The van der Waals surface area contributed by atoms with Crippen LogP contribution in [0, 0.1) is 25.2 Å². The number of hydrogen-bond donors (Lipinski definition) is 0. The van der Waals surface area contributed by atoms with E-state index in [4.69, 9.17) is 16.3 Å². The molecule has 0 bridgehead atoms. The Kier molecular flexibility index (Phi) is 6.62. The smallest absolute Gasteiger partial charge is 0.119 e. The maximum absolute atomic E-state index is 9.93. The lowest BCUT2D eigenvalue weighted by atomic mass is 10.0. The zero-order valence-corrected chi connectivity index (χ0v) is 21.0. The highest BCUT2D eigenvalue weighted by atomic mass is 35.5. The third-order valence-corrected chi connectivity index (χ3v) is 6.77. The van der Waals surface area contributed by atoms with E-state index >= 15 is 0 Å². The van der Waals surface area contributed by atoms with Crippen LogP contribution in [-0.2, 0) is 6.61 Å². The molecule has 0 fully saturated rings. The molecule has 0 N–H and O–H groups in total. The van der Waals surface area contributed by atoms with Crippen LogP contribution in [0.3, 0.4) is 0 Å². The quantitative estimate of drug-likeness (QED) is 0.224. The van der Waals surface area contributed by atoms with E-state index in [1.807, 2.05) is 72.8 Å². The highest BCUT2D eigenvalue weighted by Gasteiger charge is 2.12. The molecule has 0 aliphatic rings. The normalized spacial score (nSPS) is 11.4. The summed E-state index contributed by atoms with van der Waals surface area (Å²) in [6.07, 6.45) is 1.98. The van der Waals surface area contributed by atoms with E-state index in [0.29, 0.717) is 17.2 Å². The lowest BCUT2D eigenvalue weighted by molar-refractivity contribution is 0.306. The van der Waals surface area contributed by atoms with E-state index in [1.165, 1.54) is 0 Å². The molecule has 0 saturated carbocycles. The molecule has 4 heteroatoms. The van der Waals surface area contributed by atoms with Gasteiger partial charge in [-0.05, 0) is 84.3 Å². The first kappa shape index (κ1) is 23.5. The van der Waals surface area contributed by atoms with Crippen molar-refractivity contribution in [1.82, 2.24) is 4.57 Å². The van der Waals surface area contributed by atoms with Crippen LogP contribution in [0.15, 0.2) is 97.1 Å². The SMILES string of the molecule is Cc1cc(/C=C(/C#N)c2ccc3ccccc3c2)c(C)n1-c1ccc(OCc2ccccc2Cl)cc1. The number of fused-ring (bicyclic) bond motifs is 1. The van der Waals surface area contributed by atoms with Gasteiger partial charge < -0.3 is 9.30 Å². The zero-order valence-electron chi connectivity index (χ0n) is 20.2. The molecular weight excluding hydrogens is 464 g/mol. The van der Waals surface area contributed by atoms with Crippen molar-refractivity contribution >= 4 is 34.0 Å². The number of halogens is 1. The summed E-state index contributed by atoms with van der Waals surface area (Å²) in [7, 11) is 0. The van der Waals surface area contributed by atoms with Gasteiger partial charge >= 0.3 is 0 Å². The van der Waals surface area contributed by atoms with E-state index in [9.17, 15) is 5.26 Å². The highest BCUT2D eigenvalue weighted by Crippen LogP contribution is 2.28. The minimum absolute atomic E-state index is 0.418. The summed E-state index contributed by atoms with van der Waals surface area (Å²) in [5, 5.41) is 12.9. The Morgan fingerprint density at radius 2 is 1.61 bits per heavy atom. The molecule has 0 radical (unpaired) electrons. The monoisotopic (exact) mass is 488 g/mol. The number of aryl methyl sites for hydroxylation is 1. The standard InChI is InChI=1S/C32H25ClN2O/c1-22-17-28(19-29(20-34)26-12-11-24-7-3-4-8-25(24)18-26)23(2)35(22)30-13-15-31(16-14-30)36-21-27-9-5-6-10-32(27)33/h3-19H,21H2,1-2H3/b29-19-. The first-order chi connectivity index (χ1) is 17.5. The van der Waals surface area contributed by atoms with E-state index < -0.39 is 0 Å². The molecule has 5 aromatic rings. The van der Waals surface area contributed by atoms with E-state index in [0.717, 1.165) is 50.3 Å². The largest absolute Gasteiger partial charge is 0.489 e. The average Bonchev–Trinajstić information content (AvgIpc) is 3.19. The van der Waals surface area contributed by atoms with Crippen molar-refractivity contribution in [2.24, 2.45) is 0 Å². The van der Waals surface area contributed by atoms with Crippen LogP contribution in [0.1, 0.15) is 28.1 Å². The van der Waals surface area contributed by atoms with Gasteiger partial charge in [-0.2, -0.15) is 5.26 Å². The van der Waals surface area contributed by atoms with Gasteiger partial charge in [0, 0.05) is 27.7 Å². The third kappa shape index (κ3) is 4.77. The molecule has 36 heavy (non-hydrogen) atoms. The van der Waals surface area contributed by atoms with Gasteiger partial charge in [-0.25, -0.2) is 0 Å². The Hall–Kier alpha value is -4.26. The Morgan fingerprint density at radius 1 is 0.889 bits per heavy atom. The molecule has 4 aromatic carbocycles. The maximum Gasteiger partial charge on any atom is 0.119 e. The summed E-state index contributed by atoms with van der Waals surface area (Å²) >= 11 is 6.24. The van der Waals surface area contributed by atoms with Crippen molar-refractivity contribution < 1.29 is 4.74 Å². The van der Waals surface area contributed by atoms with Crippen LogP contribution in [0.5, 0.6) is 5.75 Å². The van der Waals surface area contributed by atoms with Gasteiger partial charge in [0.05, 0.1) is 11.6 Å². The molecule has 1 aromatic heterocycles. The van der Waals surface area contributed by atoms with Gasteiger partial charge in [0.2, 0.25) is 0 Å². The van der Waals surface area contributed by atoms with E-state index in [-0.39, 0.29) is 0 Å². The van der Waals surface area contributed by atoms with Gasteiger partial charge in [-0.15, -0.1) is 0 Å². The maximum atomic E-state index is 9.93. The van der Waals surface area contributed by atoms with Crippen LogP contribution in [0.2, 0.25) is 5.02 Å². The fourth-order valence-corrected chi connectivity index (χ4v) is 4.68. The van der Waals surface area contributed by atoms with Crippen molar-refractivity contribution in [2.75, 3.05) is 0 Å². The van der Waals surface area contributed by atoms with Gasteiger partial charge in [0.15, 0.2) is 0 Å². The Labute approximate surface area is 216 Å². The summed E-state index contributed by atoms with van der Waals surface area (Å²) in [4.78, 5) is 0. The number of hydrogen-bond acceptors (Lipinski definition) is 2. The third-order valence-electron chi connectivity index (χ3n) is 6.40. The average molecular weight is 489 g/mol. The number of allylic oxidation sites excluding steroid dienone is 1. The molecular formula is C32H25ClN2O. The number of nitriles is 1. The lowest BCUT2D eigenvalue weighted by Gasteiger charge is -2.12. The molecule has 0 atom stereocenters. The molecule has 0 amide bonds. The highest BCUT2D eigenvalue weighted by molar-refractivity contribution is 6.31. The number of aromatic nitrogens is 1. The molecule has 0 saturated heterocycles. The Bertz CT molecular complexity index is 1620. The predicted octanol–water partition coefficient (Wildman–Crippen LogP) is 8.54. The topological polar surface area (TPSA) is 38.0 Å². The number of benzene rings is 4. The second-order valence-electron chi connectivity index (χ2n) is 8.77. The van der Waals surface area contributed by atoms with Gasteiger partial charge in [-0.1, -0.05) is 66.2 Å². The summed E-state index contributed by atoms with van der Waals surface area (Å²) in [5.41, 5.74) is 6.75. The van der Waals surface area contributed by atoms with E-state index in [2.05, 4.69) is 54.8 Å². The fourth-order valence-electron chi connectivity index (χ4n) is 4.49. The molecule has 3 nitrogen and oxygen atoms in total. The van der Waals surface area contributed by atoms with Crippen LogP contribution >= 0.6 is 11.6 Å². The second-order valence-corrected chi connectivity index (χ2v) is 9.17. The number of nitrogens with zero attached hydrogens (tertiary/aromatic N) is 2. The van der Waals surface area contributed by atoms with Crippen molar-refractivity contribution in [3.05, 3.63) is 130 Å². The van der Waals surface area contributed by atoms with Crippen LogP contribution < -0.4 is 4.74 Å². The van der Waals surface area contributed by atoms with Crippen LogP contribution in [0.25, 0.3) is 28.1 Å². The Balaban J connectivity index is 1.40. The van der Waals surface area contributed by atoms with Crippen molar-refractivity contribution in [3.63, 3.8) is 0 Å². The molecule has 176 valence electrons. The van der Waals surface area contributed by atoms with Gasteiger partial charge in [0.1, 0.15) is 12.4 Å². The second kappa shape index (κ2) is 10.2. The van der Waals surface area contributed by atoms with E-state index in [1.54, 1.807) is 0 Å². The predicted molar refractivity (Wildman–Crippen MR) is 148 cm³/mol. The minimum Gasteiger partial charge on any atom is -0.489 e. The van der Waals surface area contributed by atoms with Crippen LogP contribution in [-0.4, -0.2) is 4.57 Å². The van der Waals surface area contributed by atoms with Gasteiger partial charge in [0.25, 0.3) is 0 Å². The molecule has 0 aliphatic carbocycles. The summed E-state index contributed by atoms with van der Waals surface area (Å²) in [6.45, 7) is 4.57. The van der Waals surface area contributed by atoms with Crippen molar-refractivity contribution in [2.45, 2.75) is 20.5 Å². The first-order valence-corrected chi connectivity index (χ1v) is 12.2. The fraction of sp³-hybridized carbons (Fsp3) is 0.0938. The summed E-state index contributed by atoms with van der Waals surface area (Å²) < 4.78 is 8.13. The molecule has 1 heterocycles. The van der Waals surface area contributed by atoms with Crippen molar-refractivity contribution in [3.8, 4) is 17.5 Å². The molecule has 5 rings (SSSR count). The minimum atomic E-state index is 0.418. The van der Waals surface area contributed by atoms with Crippen molar-refractivity contribution in [1.29, 1.82) is 5.26 Å². The molecule has 0 unspecified atom stereocenters.